The largest absolute Gasteiger partial charge is 0.358 e. The van der Waals surface area contributed by atoms with Gasteiger partial charge in [-0.15, -0.1) is 0 Å². The number of fused-ring (bicyclic) bond motifs is 1. The van der Waals surface area contributed by atoms with Crippen LogP contribution < -0.4 is 5.73 Å². The predicted molar refractivity (Wildman–Crippen MR) is 75.0 cm³/mol. The third kappa shape index (κ3) is 2.42. The molecular formula is C15H20N2. The molecule has 0 aliphatic heterocycles. The fraction of sp³-hybridized carbons (Fsp3) is 0.333. The number of H-pyrrole nitrogens is 1. The molecule has 0 radical (unpaired) electrons. The van der Waals surface area contributed by atoms with Gasteiger partial charge in [-0.05, 0) is 44.9 Å². The molecule has 1 heterocycles. The molecule has 0 aliphatic rings. The van der Waals surface area contributed by atoms with Gasteiger partial charge in [-0.3, -0.25) is 0 Å². The monoisotopic (exact) mass is 228 g/mol. The van der Waals surface area contributed by atoms with Crippen molar-refractivity contribution in [2.24, 2.45) is 5.73 Å². The Balaban J connectivity index is 2.40. The maximum absolute atomic E-state index is 5.52. The third-order valence-electron chi connectivity index (χ3n) is 3.15. The van der Waals surface area contributed by atoms with E-state index >= 15 is 0 Å². The Morgan fingerprint density at radius 3 is 2.88 bits per heavy atom. The van der Waals surface area contributed by atoms with Gasteiger partial charge >= 0.3 is 0 Å². The summed E-state index contributed by atoms with van der Waals surface area (Å²) < 4.78 is 0. The van der Waals surface area contributed by atoms with Crippen LogP contribution in [0.15, 0.2) is 30.3 Å². The van der Waals surface area contributed by atoms with Crippen molar-refractivity contribution in [1.29, 1.82) is 0 Å². The van der Waals surface area contributed by atoms with Crippen molar-refractivity contribution in [3.05, 3.63) is 41.6 Å². The molecule has 2 heteroatoms. The summed E-state index contributed by atoms with van der Waals surface area (Å²) in [5, 5.41) is 1.31. The van der Waals surface area contributed by atoms with E-state index in [4.69, 9.17) is 5.73 Å². The van der Waals surface area contributed by atoms with E-state index < -0.39 is 0 Å². The lowest BCUT2D eigenvalue weighted by atomic mass is 10.0. The lowest BCUT2D eigenvalue weighted by Crippen LogP contribution is -1.96. The molecular weight excluding hydrogens is 208 g/mol. The first-order valence-electron chi connectivity index (χ1n) is 6.18. The zero-order chi connectivity index (χ0) is 12.3. The van der Waals surface area contributed by atoms with Crippen molar-refractivity contribution < 1.29 is 0 Å². The molecule has 2 nitrogen and oxygen atoms in total. The summed E-state index contributed by atoms with van der Waals surface area (Å²) in [5.41, 5.74) is 10.7. The fourth-order valence-corrected chi connectivity index (χ4v) is 2.32. The van der Waals surface area contributed by atoms with Gasteiger partial charge in [0, 0.05) is 22.2 Å². The highest BCUT2D eigenvalue weighted by atomic mass is 14.7. The number of hydrogen-bond acceptors (Lipinski definition) is 1. The molecule has 0 saturated carbocycles. The van der Waals surface area contributed by atoms with Crippen molar-refractivity contribution in [2.75, 3.05) is 6.54 Å². The Bertz CT molecular complexity index is 535. The van der Waals surface area contributed by atoms with Gasteiger partial charge in [0.05, 0.1) is 0 Å². The number of nitrogens with one attached hydrogen (secondary N) is 1. The third-order valence-corrected chi connectivity index (χ3v) is 3.15. The van der Waals surface area contributed by atoms with Crippen molar-refractivity contribution in [2.45, 2.75) is 26.7 Å². The van der Waals surface area contributed by atoms with Crippen LogP contribution in [0.2, 0.25) is 0 Å². The Kier molecular flexibility index (Phi) is 3.64. The number of benzene rings is 1. The first kappa shape index (κ1) is 11.9. The highest BCUT2D eigenvalue weighted by Gasteiger charge is 2.08. The standard InChI is InChI=1S/C15H20N2/c1-11(7-5-6-10-16)15-12(2)17-14-9-4-3-8-13(14)15/h3-4,7-9,17H,5-6,10,16H2,1-2H3/b11-7+. The minimum Gasteiger partial charge on any atom is -0.358 e. The maximum atomic E-state index is 5.52. The Morgan fingerprint density at radius 2 is 2.12 bits per heavy atom. The maximum Gasteiger partial charge on any atom is 0.0462 e. The lowest BCUT2D eigenvalue weighted by Gasteiger charge is -2.02. The number of aryl methyl sites for hydroxylation is 1. The molecule has 0 spiro atoms. The second kappa shape index (κ2) is 5.19. The van der Waals surface area contributed by atoms with Crippen LogP contribution in [0.5, 0.6) is 0 Å². The quantitative estimate of drug-likeness (QED) is 0.771. The molecule has 2 aromatic rings. The highest BCUT2D eigenvalue weighted by Crippen LogP contribution is 2.28. The summed E-state index contributed by atoms with van der Waals surface area (Å²) in [6.45, 7) is 5.07. The minimum absolute atomic E-state index is 0.761. The molecule has 90 valence electrons. The van der Waals surface area contributed by atoms with Gasteiger partial charge in [0.1, 0.15) is 0 Å². The van der Waals surface area contributed by atoms with E-state index in [9.17, 15) is 0 Å². The van der Waals surface area contributed by atoms with Crippen LogP contribution in [0, 0.1) is 6.92 Å². The minimum atomic E-state index is 0.761. The molecule has 17 heavy (non-hydrogen) atoms. The number of unbranched alkanes of at least 4 members (excludes halogenated alkanes) is 1. The van der Waals surface area contributed by atoms with E-state index in [-0.39, 0.29) is 0 Å². The van der Waals surface area contributed by atoms with Gasteiger partial charge in [-0.2, -0.15) is 0 Å². The molecule has 0 fully saturated rings. The number of hydrogen-bond donors (Lipinski definition) is 2. The summed E-state index contributed by atoms with van der Waals surface area (Å²) in [7, 11) is 0. The molecule has 1 aromatic heterocycles. The van der Waals surface area contributed by atoms with E-state index in [1.165, 1.54) is 27.7 Å². The Labute approximate surface area is 103 Å². The highest BCUT2D eigenvalue weighted by molar-refractivity contribution is 5.93. The number of para-hydroxylation sites is 1. The SMILES string of the molecule is C/C(=C\CCCN)c1c(C)[nH]c2ccccc12. The van der Waals surface area contributed by atoms with Crippen LogP contribution >= 0.6 is 0 Å². The summed E-state index contributed by atoms with van der Waals surface area (Å²) in [6.07, 6.45) is 4.40. The second-order valence-corrected chi connectivity index (χ2v) is 4.49. The zero-order valence-electron chi connectivity index (χ0n) is 10.6. The van der Waals surface area contributed by atoms with Crippen molar-refractivity contribution >= 4 is 16.5 Å². The van der Waals surface area contributed by atoms with Gasteiger partial charge in [-0.25, -0.2) is 0 Å². The van der Waals surface area contributed by atoms with E-state index in [0.29, 0.717) is 0 Å². The average molecular weight is 228 g/mol. The van der Waals surface area contributed by atoms with Gasteiger partial charge in [-0.1, -0.05) is 24.3 Å². The van der Waals surface area contributed by atoms with E-state index in [1.54, 1.807) is 0 Å². The number of rotatable bonds is 4. The van der Waals surface area contributed by atoms with Crippen molar-refractivity contribution in [1.82, 2.24) is 4.98 Å². The summed E-state index contributed by atoms with van der Waals surface area (Å²) >= 11 is 0. The van der Waals surface area contributed by atoms with Gasteiger partial charge in [0.15, 0.2) is 0 Å². The molecule has 3 N–H and O–H groups in total. The van der Waals surface area contributed by atoms with Crippen LogP contribution in [0.1, 0.15) is 31.0 Å². The smallest absolute Gasteiger partial charge is 0.0462 e. The van der Waals surface area contributed by atoms with Crippen LogP contribution in [-0.2, 0) is 0 Å². The molecule has 2 rings (SSSR count). The summed E-state index contributed by atoms with van der Waals surface area (Å²) in [4.78, 5) is 3.43. The van der Waals surface area contributed by atoms with Crippen molar-refractivity contribution in [3.8, 4) is 0 Å². The van der Waals surface area contributed by atoms with Gasteiger partial charge < -0.3 is 10.7 Å². The predicted octanol–water partition coefficient (Wildman–Crippen LogP) is 3.62. The van der Waals surface area contributed by atoms with Crippen LogP contribution in [-0.4, -0.2) is 11.5 Å². The van der Waals surface area contributed by atoms with E-state index in [1.807, 2.05) is 0 Å². The van der Waals surface area contributed by atoms with E-state index in [0.717, 1.165) is 19.4 Å². The first-order valence-corrected chi connectivity index (χ1v) is 6.18. The first-order chi connectivity index (χ1) is 8.24. The Hall–Kier alpha value is -1.54. The normalized spacial score (nSPS) is 12.3. The number of aromatic amines is 1. The van der Waals surface area contributed by atoms with Crippen LogP contribution in [0.25, 0.3) is 16.5 Å². The lowest BCUT2D eigenvalue weighted by molar-refractivity contribution is 0.855. The van der Waals surface area contributed by atoms with Gasteiger partial charge in [0.25, 0.3) is 0 Å². The zero-order valence-corrected chi connectivity index (χ0v) is 10.6. The molecule has 1 aromatic carbocycles. The summed E-state index contributed by atoms with van der Waals surface area (Å²) in [6, 6.07) is 8.45. The molecule has 0 atom stereocenters. The number of allylic oxidation sites excluding steroid dienone is 2. The fourth-order valence-electron chi connectivity index (χ4n) is 2.32. The molecule has 0 saturated heterocycles. The van der Waals surface area contributed by atoms with Crippen LogP contribution in [0.4, 0.5) is 0 Å². The average Bonchev–Trinajstić information content (AvgIpc) is 2.65. The molecule has 0 unspecified atom stereocenters. The molecule has 0 bridgehead atoms. The number of nitrogens with two attached hydrogens (primary N) is 1. The second-order valence-electron chi connectivity index (χ2n) is 4.49. The topological polar surface area (TPSA) is 41.8 Å². The van der Waals surface area contributed by atoms with E-state index in [2.05, 4.69) is 49.2 Å². The number of aromatic nitrogens is 1. The Morgan fingerprint density at radius 1 is 1.35 bits per heavy atom. The van der Waals surface area contributed by atoms with Gasteiger partial charge in [0.2, 0.25) is 0 Å². The van der Waals surface area contributed by atoms with Crippen molar-refractivity contribution in [3.63, 3.8) is 0 Å². The van der Waals surface area contributed by atoms with Crippen LogP contribution in [0.3, 0.4) is 0 Å². The summed E-state index contributed by atoms with van der Waals surface area (Å²) in [5.74, 6) is 0. The molecule has 0 amide bonds. The molecule has 0 aliphatic carbocycles.